The number of carbonyl (C=O) groups is 1. The van der Waals surface area contributed by atoms with Crippen molar-refractivity contribution in [1.29, 1.82) is 0 Å². The average molecular weight is 395 g/mol. The first-order chi connectivity index (χ1) is 12.8. The van der Waals surface area contributed by atoms with E-state index in [2.05, 4.69) is 15.5 Å². The van der Waals surface area contributed by atoms with Crippen LogP contribution in [0.4, 0.5) is 0 Å². The molecule has 27 heavy (non-hydrogen) atoms. The lowest BCUT2D eigenvalue weighted by Crippen LogP contribution is -2.45. The number of aryl methyl sites for hydroxylation is 2. The molecular formula is C17H26N6O3S. The molecule has 0 aromatic carbocycles. The standard InChI is InChI=1S/C17H26N6O3S/c1-4-23-13(2)15(9-20-23)8-18-17(24)14-6-5-7-22(11-14)27(25,26)16-10-19-21(3)12-16/h9-10,12,14H,4-8,11H2,1-3H3,(H,18,24). The van der Waals surface area contributed by atoms with E-state index in [4.69, 9.17) is 0 Å². The molecular weight excluding hydrogens is 368 g/mol. The molecule has 148 valence electrons. The fourth-order valence-electron chi connectivity index (χ4n) is 3.36. The topological polar surface area (TPSA) is 102 Å². The van der Waals surface area contributed by atoms with E-state index in [1.54, 1.807) is 13.2 Å². The summed E-state index contributed by atoms with van der Waals surface area (Å²) in [5.41, 5.74) is 2.00. The van der Waals surface area contributed by atoms with Gasteiger partial charge >= 0.3 is 0 Å². The van der Waals surface area contributed by atoms with Crippen molar-refractivity contribution < 1.29 is 13.2 Å². The van der Waals surface area contributed by atoms with Crippen molar-refractivity contribution in [3.8, 4) is 0 Å². The van der Waals surface area contributed by atoms with Crippen LogP contribution in [0.3, 0.4) is 0 Å². The van der Waals surface area contributed by atoms with Gasteiger partial charge in [0, 0.05) is 50.7 Å². The van der Waals surface area contributed by atoms with Crippen molar-refractivity contribution >= 4 is 15.9 Å². The van der Waals surface area contributed by atoms with Crippen molar-refractivity contribution in [3.05, 3.63) is 29.8 Å². The zero-order valence-corrected chi connectivity index (χ0v) is 16.7. The maximum atomic E-state index is 12.8. The number of rotatable bonds is 6. The highest BCUT2D eigenvalue weighted by atomic mass is 32.2. The van der Waals surface area contributed by atoms with Crippen LogP contribution in [0, 0.1) is 12.8 Å². The molecule has 0 spiro atoms. The molecule has 10 heteroatoms. The van der Waals surface area contributed by atoms with Crippen LogP contribution in [0.1, 0.15) is 31.0 Å². The molecule has 9 nitrogen and oxygen atoms in total. The predicted molar refractivity (Wildman–Crippen MR) is 99.2 cm³/mol. The maximum Gasteiger partial charge on any atom is 0.246 e. The van der Waals surface area contributed by atoms with Crippen molar-refractivity contribution in [2.75, 3.05) is 13.1 Å². The third-order valence-corrected chi connectivity index (χ3v) is 6.85. The van der Waals surface area contributed by atoms with Crippen LogP contribution in [0.5, 0.6) is 0 Å². The number of nitrogens with zero attached hydrogens (tertiary/aromatic N) is 5. The van der Waals surface area contributed by atoms with Gasteiger partial charge in [0.2, 0.25) is 15.9 Å². The minimum atomic E-state index is -3.62. The molecule has 0 aliphatic carbocycles. The van der Waals surface area contributed by atoms with Crippen molar-refractivity contribution in [2.45, 2.75) is 44.7 Å². The van der Waals surface area contributed by atoms with Gasteiger partial charge in [-0.25, -0.2) is 8.42 Å². The van der Waals surface area contributed by atoms with Gasteiger partial charge in [0.25, 0.3) is 0 Å². The van der Waals surface area contributed by atoms with E-state index in [0.29, 0.717) is 25.9 Å². The summed E-state index contributed by atoms with van der Waals surface area (Å²) < 4.78 is 30.2. The molecule has 1 unspecified atom stereocenters. The second-order valence-corrected chi connectivity index (χ2v) is 8.78. The van der Waals surface area contributed by atoms with Crippen LogP contribution in [0.2, 0.25) is 0 Å². The van der Waals surface area contributed by atoms with Crippen molar-refractivity contribution in [1.82, 2.24) is 29.2 Å². The number of piperidine rings is 1. The average Bonchev–Trinajstić information content (AvgIpc) is 3.25. The van der Waals surface area contributed by atoms with E-state index >= 15 is 0 Å². The Kier molecular flexibility index (Phi) is 5.66. The van der Waals surface area contributed by atoms with Crippen LogP contribution in [0.15, 0.2) is 23.5 Å². The molecule has 2 aromatic heterocycles. The van der Waals surface area contributed by atoms with Gasteiger partial charge in [0.05, 0.1) is 18.3 Å². The van der Waals surface area contributed by atoms with Gasteiger partial charge in [-0.3, -0.25) is 14.2 Å². The molecule has 0 saturated carbocycles. The highest BCUT2D eigenvalue weighted by molar-refractivity contribution is 7.89. The smallest absolute Gasteiger partial charge is 0.246 e. The summed E-state index contributed by atoms with van der Waals surface area (Å²) in [5, 5.41) is 11.1. The Bertz CT molecular complexity index is 917. The van der Waals surface area contributed by atoms with Gasteiger partial charge in [-0.05, 0) is 26.7 Å². The second-order valence-electron chi connectivity index (χ2n) is 6.84. The van der Waals surface area contributed by atoms with Crippen LogP contribution >= 0.6 is 0 Å². The van der Waals surface area contributed by atoms with Crippen molar-refractivity contribution in [3.63, 3.8) is 0 Å². The van der Waals surface area contributed by atoms with E-state index in [1.807, 2.05) is 18.5 Å². The number of hydrogen-bond acceptors (Lipinski definition) is 5. The molecule has 1 aliphatic heterocycles. The normalized spacial score (nSPS) is 18.6. The number of amides is 1. The summed E-state index contributed by atoms with van der Waals surface area (Å²) in [6.45, 7) is 5.78. The van der Waals surface area contributed by atoms with Gasteiger partial charge in [-0.15, -0.1) is 0 Å². The Labute approximate surface area is 159 Å². The first-order valence-corrected chi connectivity index (χ1v) is 10.5. The monoisotopic (exact) mass is 394 g/mol. The highest BCUT2D eigenvalue weighted by Gasteiger charge is 2.33. The third-order valence-electron chi connectivity index (χ3n) is 5.03. The first-order valence-electron chi connectivity index (χ1n) is 9.10. The second kappa shape index (κ2) is 7.81. The van der Waals surface area contributed by atoms with Crippen LogP contribution in [-0.2, 0) is 35.0 Å². The lowest BCUT2D eigenvalue weighted by Gasteiger charge is -2.30. The van der Waals surface area contributed by atoms with Gasteiger partial charge in [-0.2, -0.15) is 14.5 Å². The van der Waals surface area contributed by atoms with E-state index in [9.17, 15) is 13.2 Å². The summed E-state index contributed by atoms with van der Waals surface area (Å²) in [6, 6.07) is 0. The summed E-state index contributed by atoms with van der Waals surface area (Å²) in [6.07, 6.45) is 5.92. The minimum absolute atomic E-state index is 0.121. The molecule has 2 aromatic rings. The first kappa shape index (κ1) is 19.6. The number of carbonyl (C=O) groups excluding carboxylic acids is 1. The predicted octanol–water partition coefficient (Wildman–Crippen LogP) is 0.662. The number of hydrogen-bond donors (Lipinski definition) is 1. The Balaban J connectivity index is 1.63. The molecule has 1 amide bonds. The zero-order valence-electron chi connectivity index (χ0n) is 15.9. The fourth-order valence-corrected chi connectivity index (χ4v) is 4.87. The summed E-state index contributed by atoms with van der Waals surface area (Å²) in [4.78, 5) is 12.8. The highest BCUT2D eigenvalue weighted by Crippen LogP contribution is 2.23. The number of aromatic nitrogens is 4. The fraction of sp³-hybridized carbons (Fsp3) is 0.588. The van der Waals surface area contributed by atoms with E-state index in [1.165, 1.54) is 21.4 Å². The molecule has 1 saturated heterocycles. The Morgan fingerprint density at radius 3 is 2.74 bits per heavy atom. The summed E-state index contributed by atoms with van der Waals surface area (Å²) in [7, 11) is -1.95. The summed E-state index contributed by atoms with van der Waals surface area (Å²) >= 11 is 0. The Morgan fingerprint density at radius 2 is 2.11 bits per heavy atom. The lowest BCUT2D eigenvalue weighted by molar-refractivity contribution is -0.126. The minimum Gasteiger partial charge on any atom is -0.352 e. The molecule has 3 heterocycles. The van der Waals surface area contributed by atoms with E-state index < -0.39 is 10.0 Å². The van der Waals surface area contributed by atoms with E-state index in [0.717, 1.165) is 17.8 Å². The quantitative estimate of drug-likeness (QED) is 0.776. The van der Waals surface area contributed by atoms with Gasteiger partial charge in [0.15, 0.2) is 0 Å². The third kappa shape index (κ3) is 4.06. The largest absolute Gasteiger partial charge is 0.352 e. The molecule has 3 rings (SSSR count). The van der Waals surface area contributed by atoms with Crippen LogP contribution in [0.25, 0.3) is 0 Å². The molecule has 0 bridgehead atoms. The lowest BCUT2D eigenvalue weighted by atomic mass is 9.99. The molecule has 1 atom stereocenters. The summed E-state index contributed by atoms with van der Waals surface area (Å²) in [5.74, 6) is -0.476. The van der Waals surface area contributed by atoms with Crippen molar-refractivity contribution in [2.24, 2.45) is 13.0 Å². The molecule has 1 aliphatic rings. The number of nitrogens with one attached hydrogen (secondary N) is 1. The Morgan fingerprint density at radius 1 is 1.33 bits per heavy atom. The van der Waals surface area contributed by atoms with Gasteiger partial charge < -0.3 is 5.32 Å². The Hall–Kier alpha value is -2.20. The van der Waals surface area contributed by atoms with E-state index in [-0.39, 0.29) is 23.3 Å². The van der Waals surface area contributed by atoms with Gasteiger partial charge in [0.1, 0.15) is 4.90 Å². The molecule has 1 N–H and O–H groups in total. The zero-order chi connectivity index (χ0) is 19.6. The van der Waals surface area contributed by atoms with Crippen LogP contribution < -0.4 is 5.32 Å². The molecule has 1 fully saturated rings. The SMILES string of the molecule is CCn1ncc(CNC(=O)C2CCCN(S(=O)(=O)c3cnn(C)c3)C2)c1C. The number of sulfonamides is 1. The maximum absolute atomic E-state index is 12.8. The van der Waals surface area contributed by atoms with Crippen LogP contribution in [-0.4, -0.2) is 51.3 Å². The molecule has 0 radical (unpaired) electrons. The van der Waals surface area contributed by atoms with Gasteiger partial charge in [-0.1, -0.05) is 0 Å².